The molecule has 1 aromatic heterocycles. The number of benzene rings is 1. The van der Waals surface area contributed by atoms with Gasteiger partial charge in [0, 0.05) is 18.2 Å². The molecule has 0 aliphatic rings. The lowest BCUT2D eigenvalue weighted by atomic mass is 10.3. The highest BCUT2D eigenvalue weighted by atomic mass is 32.2. The van der Waals surface area contributed by atoms with E-state index in [1.54, 1.807) is 0 Å². The van der Waals surface area contributed by atoms with Gasteiger partial charge in [-0.25, -0.2) is 8.78 Å². The van der Waals surface area contributed by atoms with Crippen LogP contribution in [0.2, 0.25) is 0 Å². The van der Waals surface area contributed by atoms with E-state index in [9.17, 15) is 17.2 Å². The van der Waals surface area contributed by atoms with Crippen molar-refractivity contribution in [3.8, 4) is 0 Å². The molecule has 4 N–H and O–H groups in total. The highest BCUT2D eigenvalue weighted by Crippen LogP contribution is 2.20. The maximum Gasteiger partial charge on any atom is 0.279 e. The maximum absolute atomic E-state index is 13.4. The van der Waals surface area contributed by atoms with Crippen LogP contribution in [0.5, 0.6) is 0 Å². The summed E-state index contributed by atoms with van der Waals surface area (Å²) in [7, 11) is -4.06. The Morgan fingerprint density at radius 2 is 2.11 bits per heavy atom. The molecule has 0 aliphatic heterocycles. The zero-order chi connectivity index (χ0) is 14.0. The smallest absolute Gasteiger partial charge is 0.279 e. The molecule has 0 unspecified atom stereocenters. The van der Waals surface area contributed by atoms with Gasteiger partial charge in [-0.15, -0.1) is 0 Å². The van der Waals surface area contributed by atoms with Crippen LogP contribution in [0.15, 0.2) is 29.4 Å². The van der Waals surface area contributed by atoms with Gasteiger partial charge in [-0.2, -0.15) is 13.5 Å². The molecule has 0 aliphatic carbocycles. The summed E-state index contributed by atoms with van der Waals surface area (Å²) in [5.41, 5.74) is 5.26. The fraction of sp³-hybridized carbons (Fsp3) is 0.100. The second-order valence-corrected chi connectivity index (χ2v) is 5.28. The molecular weight excluding hydrogens is 278 g/mol. The van der Waals surface area contributed by atoms with Crippen molar-refractivity contribution in [2.24, 2.45) is 5.73 Å². The molecule has 0 spiro atoms. The molecule has 0 saturated heterocycles. The lowest BCUT2D eigenvalue weighted by Gasteiger charge is -2.08. The monoisotopic (exact) mass is 288 g/mol. The summed E-state index contributed by atoms with van der Waals surface area (Å²) in [6, 6.07) is 2.51. The van der Waals surface area contributed by atoms with Crippen molar-refractivity contribution < 1.29 is 17.2 Å². The summed E-state index contributed by atoms with van der Waals surface area (Å²) in [5, 5.41) is 5.58. The Morgan fingerprint density at radius 1 is 1.37 bits per heavy atom. The number of H-pyrrole nitrogens is 1. The Morgan fingerprint density at radius 3 is 2.74 bits per heavy atom. The van der Waals surface area contributed by atoms with Crippen molar-refractivity contribution in [2.75, 3.05) is 4.72 Å². The van der Waals surface area contributed by atoms with Gasteiger partial charge in [0.15, 0.2) is 5.03 Å². The Balaban J connectivity index is 2.37. The van der Waals surface area contributed by atoms with Crippen LogP contribution >= 0.6 is 0 Å². The predicted molar refractivity (Wildman–Crippen MR) is 63.6 cm³/mol. The third kappa shape index (κ3) is 2.71. The number of hydrogen-bond acceptors (Lipinski definition) is 4. The van der Waals surface area contributed by atoms with E-state index >= 15 is 0 Å². The van der Waals surface area contributed by atoms with Crippen LogP contribution in [0.1, 0.15) is 5.56 Å². The second-order valence-electron chi connectivity index (χ2n) is 3.66. The Bertz CT molecular complexity index is 699. The molecule has 0 atom stereocenters. The van der Waals surface area contributed by atoms with Crippen LogP contribution in [0.3, 0.4) is 0 Å². The first-order chi connectivity index (χ1) is 8.94. The Kier molecular flexibility index (Phi) is 3.49. The van der Waals surface area contributed by atoms with E-state index in [0.717, 1.165) is 12.1 Å². The van der Waals surface area contributed by atoms with E-state index in [2.05, 4.69) is 10.2 Å². The van der Waals surface area contributed by atoms with Crippen LogP contribution < -0.4 is 10.5 Å². The summed E-state index contributed by atoms with van der Waals surface area (Å²) in [5.74, 6) is -1.82. The Hall–Kier alpha value is -2.00. The minimum Gasteiger partial charge on any atom is -0.326 e. The molecule has 1 aromatic carbocycles. The first-order valence-corrected chi connectivity index (χ1v) is 6.62. The molecule has 2 rings (SSSR count). The molecule has 0 radical (unpaired) electrons. The highest BCUT2D eigenvalue weighted by molar-refractivity contribution is 7.92. The standard InChI is InChI=1S/C10H10F2N4O2S/c11-7-1-2-9(8(12)3-7)16-19(17,18)10-6(4-13)5-14-15-10/h1-3,5,16H,4,13H2,(H,14,15). The number of nitrogens with one attached hydrogen (secondary N) is 2. The average molecular weight is 288 g/mol. The van der Waals surface area contributed by atoms with Crippen molar-refractivity contribution in [1.82, 2.24) is 10.2 Å². The van der Waals surface area contributed by atoms with Crippen LogP contribution in [-0.4, -0.2) is 18.6 Å². The number of hydrogen-bond donors (Lipinski definition) is 3. The predicted octanol–water partition coefficient (Wildman–Crippen LogP) is 0.947. The quantitative estimate of drug-likeness (QED) is 0.779. The highest BCUT2D eigenvalue weighted by Gasteiger charge is 2.21. The SMILES string of the molecule is NCc1cn[nH]c1S(=O)(=O)Nc1ccc(F)cc1F. The zero-order valence-corrected chi connectivity index (χ0v) is 10.3. The first-order valence-electron chi connectivity index (χ1n) is 5.14. The van der Waals surface area contributed by atoms with Crippen LogP contribution in [0.4, 0.5) is 14.5 Å². The normalized spacial score (nSPS) is 11.5. The van der Waals surface area contributed by atoms with Crippen LogP contribution in [0, 0.1) is 11.6 Å². The largest absolute Gasteiger partial charge is 0.326 e. The average Bonchev–Trinajstić information content (AvgIpc) is 2.82. The van der Waals surface area contributed by atoms with E-state index in [0.29, 0.717) is 6.07 Å². The number of nitrogens with zero attached hydrogens (tertiary/aromatic N) is 1. The van der Waals surface area contributed by atoms with E-state index in [1.807, 2.05) is 4.72 Å². The van der Waals surface area contributed by atoms with Gasteiger partial charge in [-0.1, -0.05) is 0 Å². The first kappa shape index (κ1) is 13.4. The van der Waals surface area contributed by atoms with Crippen LogP contribution in [0.25, 0.3) is 0 Å². The molecule has 6 nitrogen and oxygen atoms in total. The van der Waals surface area contributed by atoms with E-state index in [-0.39, 0.29) is 22.8 Å². The molecule has 0 amide bonds. The van der Waals surface area contributed by atoms with Crippen molar-refractivity contribution in [3.05, 3.63) is 41.6 Å². The van der Waals surface area contributed by atoms with E-state index in [1.165, 1.54) is 6.20 Å². The van der Waals surface area contributed by atoms with Gasteiger partial charge >= 0.3 is 0 Å². The molecule has 102 valence electrons. The molecule has 0 bridgehead atoms. The molecule has 1 heterocycles. The molecule has 9 heteroatoms. The number of halogens is 2. The lowest BCUT2D eigenvalue weighted by molar-refractivity contribution is 0.581. The van der Waals surface area contributed by atoms with Gasteiger partial charge in [0.05, 0.1) is 11.9 Å². The van der Waals surface area contributed by atoms with Gasteiger partial charge in [0.25, 0.3) is 10.0 Å². The van der Waals surface area contributed by atoms with Crippen molar-refractivity contribution >= 4 is 15.7 Å². The Labute approximate surface area is 107 Å². The lowest BCUT2D eigenvalue weighted by Crippen LogP contribution is -2.17. The summed E-state index contributed by atoms with van der Waals surface area (Å²) in [4.78, 5) is 0. The van der Waals surface area contributed by atoms with Gasteiger partial charge in [-0.05, 0) is 12.1 Å². The molecule has 2 aromatic rings. The fourth-order valence-corrected chi connectivity index (χ4v) is 2.66. The minimum absolute atomic E-state index is 0.0430. The second kappa shape index (κ2) is 4.94. The summed E-state index contributed by atoms with van der Waals surface area (Å²) in [6.45, 7) is -0.0430. The van der Waals surface area contributed by atoms with Crippen molar-refractivity contribution in [1.29, 1.82) is 0 Å². The van der Waals surface area contributed by atoms with E-state index < -0.39 is 21.7 Å². The molecule has 0 saturated carbocycles. The summed E-state index contributed by atoms with van der Waals surface area (Å²) < 4.78 is 52.1. The summed E-state index contributed by atoms with van der Waals surface area (Å²) in [6.07, 6.45) is 1.26. The summed E-state index contributed by atoms with van der Waals surface area (Å²) >= 11 is 0. The number of aromatic nitrogens is 2. The van der Waals surface area contributed by atoms with Gasteiger partial charge < -0.3 is 5.73 Å². The molecule has 0 fully saturated rings. The number of anilines is 1. The fourth-order valence-electron chi connectivity index (χ4n) is 1.45. The van der Waals surface area contributed by atoms with Crippen molar-refractivity contribution in [3.63, 3.8) is 0 Å². The van der Waals surface area contributed by atoms with Gasteiger partial charge in [0.2, 0.25) is 0 Å². The molecule has 19 heavy (non-hydrogen) atoms. The third-order valence-electron chi connectivity index (χ3n) is 2.34. The molecular formula is C10H10F2N4O2S. The topological polar surface area (TPSA) is 101 Å². The number of aromatic amines is 1. The number of rotatable bonds is 4. The zero-order valence-electron chi connectivity index (χ0n) is 9.52. The maximum atomic E-state index is 13.4. The van der Waals surface area contributed by atoms with Gasteiger partial charge in [-0.3, -0.25) is 9.82 Å². The number of nitrogens with two attached hydrogens (primary N) is 1. The number of sulfonamides is 1. The van der Waals surface area contributed by atoms with Crippen molar-refractivity contribution in [2.45, 2.75) is 11.6 Å². The van der Waals surface area contributed by atoms with E-state index in [4.69, 9.17) is 5.73 Å². The minimum atomic E-state index is -4.06. The van der Waals surface area contributed by atoms with Gasteiger partial charge in [0.1, 0.15) is 11.6 Å². The third-order valence-corrected chi connectivity index (χ3v) is 3.72. The van der Waals surface area contributed by atoms with Crippen LogP contribution in [-0.2, 0) is 16.6 Å².